The first-order valence-corrected chi connectivity index (χ1v) is 7.53. The lowest BCUT2D eigenvalue weighted by Crippen LogP contribution is -2.39. The first-order valence-electron chi connectivity index (χ1n) is 6.65. The largest absolute Gasteiger partial charge is 0.314 e. The average molecular weight is 253 g/mol. The molecule has 1 aliphatic heterocycles. The monoisotopic (exact) mass is 253 g/mol. The summed E-state index contributed by atoms with van der Waals surface area (Å²) in [5, 5.41) is 10.5. The molecule has 4 heteroatoms. The van der Waals surface area contributed by atoms with Crippen LogP contribution in [0.4, 0.5) is 0 Å². The summed E-state index contributed by atoms with van der Waals surface area (Å²) in [4.78, 5) is 4.57. The Morgan fingerprint density at radius 1 is 1.59 bits per heavy atom. The van der Waals surface area contributed by atoms with Crippen molar-refractivity contribution in [2.75, 3.05) is 13.1 Å². The molecule has 2 atom stereocenters. The van der Waals surface area contributed by atoms with Crippen LogP contribution in [-0.4, -0.2) is 24.1 Å². The van der Waals surface area contributed by atoms with E-state index in [9.17, 15) is 0 Å². The summed E-state index contributed by atoms with van der Waals surface area (Å²) in [5.74, 6) is 0.829. The highest BCUT2D eigenvalue weighted by Crippen LogP contribution is 2.15. The molecule has 2 heterocycles. The molecule has 0 radical (unpaired) electrons. The van der Waals surface area contributed by atoms with Gasteiger partial charge in [0.25, 0.3) is 0 Å². The molecular weight excluding hydrogens is 230 g/mol. The topological polar surface area (TPSA) is 37.0 Å². The van der Waals surface area contributed by atoms with Crippen molar-refractivity contribution in [2.45, 2.75) is 45.7 Å². The summed E-state index contributed by atoms with van der Waals surface area (Å²) >= 11 is 1.77. The third-order valence-corrected chi connectivity index (χ3v) is 4.42. The smallest absolute Gasteiger partial charge is 0.0926 e. The summed E-state index contributed by atoms with van der Waals surface area (Å²) in [6.07, 6.45) is 3.65. The zero-order chi connectivity index (χ0) is 12.1. The maximum atomic E-state index is 4.57. The molecule has 1 aromatic rings. The predicted molar refractivity (Wildman–Crippen MR) is 73.4 cm³/mol. The number of aromatic nitrogens is 1. The Bertz CT molecular complexity index is 337. The SMILES string of the molecule is CCc1nc(CNCC2CCNC(C)C2)cs1. The van der Waals surface area contributed by atoms with Gasteiger partial charge in [-0.05, 0) is 45.2 Å². The number of nitrogens with one attached hydrogen (secondary N) is 2. The van der Waals surface area contributed by atoms with Crippen LogP contribution in [0.2, 0.25) is 0 Å². The van der Waals surface area contributed by atoms with Crippen LogP contribution < -0.4 is 10.6 Å². The minimum Gasteiger partial charge on any atom is -0.314 e. The first-order chi connectivity index (χ1) is 8.28. The van der Waals surface area contributed by atoms with Crippen molar-refractivity contribution in [3.05, 3.63) is 16.1 Å². The first kappa shape index (κ1) is 13.0. The molecule has 1 fully saturated rings. The second kappa shape index (κ2) is 6.47. The maximum absolute atomic E-state index is 4.57. The molecule has 96 valence electrons. The fourth-order valence-corrected chi connectivity index (χ4v) is 3.16. The normalized spacial score (nSPS) is 25.1. The van der Waals surface area contributed by atoms with Gasteiger partial charge in [0, 0.05) is 18.0 Å². The molecular formula is C13H23N3S. The van der Waals surface area contributed by atoms with Crippen molar-refractivity contribution in [1.82, 2.24) is 15.6 Å². The van der Waals surface area contributed by atoms with E-state index >= 15 is 0 Å². The number of nitrogens with zero attached hydrogens (tertiary/aromatic N) is 1. The van der Waals surface area contributed by atoms with Gasteiger partial charge >= 0.3 is 0 Å². The van der Waals surface area contributed by atoms with E-state index in [0.29, 0.717) is 6.04 Å². The van der Waals surface area contributed by atoms with Crippen LogP contribution in [0.15, 0.2) is 5.38 Å². The number of piperidine rings is 1. The number of aryl methyl sites for hydroxylation is 1. The standard InChI is InChI=1S/C13H23N3S/c1-3-13-16-12(9-17-13)8-14-7-11-4-5-15-10(2)6-11/h9-11,14-15H,3-8H2,1-2H3. The summed E-state index contributed by atoms with van der Waals surface area (Å²) in [5.41, 5.74) is 1.20. The molecule has 2 unspecified atom stereocenters. The lowest BCUT2D eigenvalue weighted by Gasteiger charge is -2.28. The molecule has 0 aromatic carbocycles. The van der Waals surface area contributed by atoms with E-state index in [1.165, 1.54) is 30.1 Å². The van der Waals surface area contributed by atoms with Crippen molar-refractivity contribution >= 4 is 11.3 Å². The molecule has 1 saturated heterocycles. The summed E-state index contributed by atoms with van der Waals surface area (Å²) in [6.45, 7) is 7.66. The molecule has 2 N–H and O–H groups in total. The maximum Gasteiger partial charge on any atom is 0.0926 e. The highest BCUT2D eigenvalue weighted by Gasteiger charge is 2.17. The van der Waals surface area contributed by atoms with Crippen LogP contribution in [0, 0.1) is 5.92 Å². The minimum atomic E-state index is 0.682. The fourth-order valence-electron chi connectivity index (χ4n) is 2.42. The van der Waals surface area contributed by atoms with Crippen molar-refractivity contribution in [2.24, 2.45) is 5.92 Å². The third-order valence-electron chi connectivity index (χ3n) is 3.37. The van der Waals surface area contributed by atoms with Gasteiger partial charge < -0.3 is 10.6 Å². The molecule has 2 rings (SSSR count). The molecule has 0 aliphatic carbocycles. The third kappa shape index (κ3) is 4.05. The predicted octanol–water partition coefficient (Wildman–Crippen LogP) is 2.18. The zero-order valence-corrected chi connectivity index (χ0v) is 11.6. The highest BCUT2D eigenvalue weighted by molar-refractivity contribution is 7.09. The quantitative estimate of drug-likeness (QED) is 0.844. The van der Waals surface area contributed by atoms with E-state index in [1.807, 2.05) is 0 Å². The molecule has 0 saturated carbocycles. The molecule has 0 amide bonds. The number of hydrogen-bond donors (Lipinski definition) is 2. The fraction of sp³-hybridized carbons (Fsp3) is 0.769. The number of hydrogen-bond acceptors (Lipinski definition) is 4. The Morgan fingerprint density at radius 2 is 2.47 bits per heavy atom. The lowest BCUT2D eigenvalue weighted by molar-refractivity contribution is 0.304. The van der Waals surface area contributed by atoms with Gasteiger partial charge in [-0.25, -0.2) is 4.98 Å². The van der Waals surface area contributed by atoms with E-state index in [1.54, 1.807) is 11.3 Å². The lowest BCUT2D eigenvalue weighted by atomic mass is 9.93. The number of rotatable bonds is 5. The van der Waals surface area contributed by atoms with Crippen LogP contribution >= 0.6 is 11.3 Å². The Labute approximate surface area is 108 Å². The van der Waals surface area contributed by atoms with Gasteiger partial charge in [0.15, 0.2) is 0 Å². The van der Waals surface area contributed by atoms with Crippen LogP contribution in [0.5, 0.6) is 0 Å². The Morgan fingerprint density at radius 3 is 3.18 bits per heavy atom. The van der Waals surface area contributed by atoms with Crippen molar-refractivity contribution < 1.29 is 0 Å². The minimum absolute atomic E-state index is 0.682. The molecule has 17 heavy (non-hydrogen) atoms. The average Bonchev–Trinajstić information content (AvgIpc) is 2.77. The highest BCUT2D eigenvalue weighted by atomic mass is 32.1. The molecule has 1 aliphatic rings. The van der Waals surface area contributed by atoms with Gasteiger partial charge in [-0.2, -0.15) is 0 Å². The van der Waals surface area contributed by atoms with Gasteiger partial charge in [0.2, 0.25) is 0 Å². The molecule has 1 aromatic heterocycles. The van der Waals surface area contributed by atoms with Gasteiger partial charge in [-0.1, -0.05) is 6.92 Å². The van der Waals surface area contributed by atoms with Crippen LogP contribution in [0.1, 0.15) is 37.4 Å². The van der Waals surface area contributed by atoms with Gasteiger partial charge in [0.1, 0.15) is 0 Å². The Kier molecular flexibility index (Phi) is 4.95. The van der Waals surface area contributed by atoms with Crippen molar-refractivity contribution in [3.8, 4) is 0 Å². The van der Waals surface area contributed by atoms with E-state index in [0.717, 1.165) is 25.4 Å². The van der Waals surface area contributed by atoms with Crippen molar-refractivity contribution in [1.29, 1.82) is 0 Å². The van der Waals surface area contributed by atoms with Gasteiger partial charge in [-0.15, -0.1) is 11.3 Å². The van der Waals surface area contributed by atoms with Gasteiger partial charge in [0.05, 0.1) is 10.7 Å². The van der Waals surface area contributed by atoms with Crippen LogP contribution in [-0.2, 0) is 13.0 Å². The summed E-state index contributed by atoms with van der Waals surface area (Å²) in [7, 11) is 0. The Hall–Kier alpha value is -0.450. The molecule has 0 spiro atoms. The van der Waals surface area contributed by atoms with Crippen LogP contribution in [0.3, 0.4) is 0 Å². The Balaban J connectivity index is 1.68. The summed E-state index contributed by atoms with van der Waals surface area (Å²) < 4.78 is 0. The second-order valence-corrected chi connectivity index (χ2v) is 5.91. The van der Waals surface area contributed by atoms with E-state index in [2.05, 4.69) is 34.8 Å². The van der Waals surface area contributed by atoms with E-state index < -0.39 is 0 Å². The van der Waals surface area contributed by atoms with Crippen LogP contribution in [0.25, 0.3) is 0 Å². The number of thiazole rings is 1. The summed E-state index contributed by atoms with van der Waals surface area (Å²) in [6, 6.07) is 0.682. The van der Waals surface area contributed by atoms with E-state index in [4.69, 9.17) is 0 Å². The van der Waals surface area contributed by atoms with Crippen molar-refractivity contribution in [3.63, 3.8) is 0 Å². The van der Waals surface area contributed by atoms with E-state index in [-0.39, 0.29) is 0 Å². The molecule has 0 bridgehead atoms. The molecule has 3 nitrogen and oxygen atoms in total. The van der Waals surface area contributed by atoms with Gasteiger partial charge in [-0.3, -0.25) is 0 Å². The zero-order valence-electron chi connectivity index (χ0n) is 10.8. The second-order valence-electron chi connectivity index (χ2n) is 4.96.